The minimum absolute atomic E-state index is 0.674. The van der Waals surface area contributed by atoms with Crippen LogP contribution in [0, 0.1) is 0 Å². The molecule has 1 aliphatic heterocycles. The highest BCUT2D eigenvalue weighted by Gasteiger charge is 2.42. The molecule has 0 aliphatic carbocycles. The first kappa shape index (κ1) is 12.0. The van der Waals surface area contributed by atoms with E-state index in [0.717, 1.165) is 32.4 Å². The molecular formula is C13H18N2O2. The number of pyridine rings is 1. The van der Waals surface area contributed by atoms with Gasteiger partial charge in [0.25, 0.3) is 0 Å². The number of carboxylic acid groups (broad SMARTS) is 1. The minimum atomic E-state index is -0.704. The lowest BCUT2D eigenvalue weighted by Gasteiger charge is -2.31. The Balaban J connectivity index is 1.97. The third-order valence-corrected chi connectivity index (χ3v) is 3.67. The summed E-state index contributed by atoms with van der Waals surface area (Å²) in [5, 5.41) is 9.29. The quantitative estimate of drug-likeness (QED) is 0.859. The molecule has 0 saturated carbocycles. The molecule has 0 aromatic carbocycles. The molecule has 2 rings (SSSR count). The van der Waals surface area contributed by atoms with Gasteiger partial charge in [0.15, 0.2) is 0 Å². The van der Waals surface area contributed by atoms with Gasteiger partial charge in [-0.1, -0.05) is 0 Å². The van der Waals surface area contributed by atoms with Gasteiger partial charge in [-0.15, -0.1) is 0 Å². The van der Waals surface area contributed by atoms with Crippen molar-refractivity contribution in [1.82, 2.24) is 9.88 Å². The summed E-state index contributed by atoms with van der Waals surface area (Å²) in [5.41, 5.74) is 0.534. The average Bonchev–Trinajstić information content (AvgIpc) is 2.71. The van der Waals surface area contributed by atoms with Crippen LogP contribution in [0.25, 0.3) is 0 Å². The molecule has 92 valence electrons. The summed E-state index contributed by atoms with van der Waals surface area (Å²) in [5.74, 6) is -0.704. The summed E-state index contributed by atoms with van der Waals surface area (Å²) in [6.07, 6.45) is 6.15. The molecule has 1 unspecified atom stereocenters. The van der Waals surface area contributed by atoms with Gasteiger partial charge >= 0.3 is 5.97 Å². The first-order chi connectivity index (χ1) is 8.13. The molecule has 17 heavy (non-hydrogen) atoms. The number of carbonyl (C=O) groups is 1. The Bertz CT molecular complexity index is 394. The molecular weight excluding hydrogens is 216 g/mol. The normalized spacial score (nSPS) is 25.0. The van der Waals surface area contributed by atoms with Crippen molar-refractivity contribution in [2.75, 3.05) is 13.1 Å². The van der Waals surface area contributed by atoms with E-state index < -0.39 is 11.5 Å². The van der Waals surface area contributed by atoms with Gasteiger partial charge in [-0.05, 0) is 50.4 Å². The minimum Gasteiger partial charge on any atom is -0.480 e. The molecule has 1 aliphatic rings. The van der Waals surface area contributed by atoms with Crippen molar-refractivity contribution in [3.8, 4) is 0 Å². The van der Waals surface area contributed by atoms with Gasteiger partial charge in [-0.25, -0.2) is 0 Å². The number of likely N-dealkylation sites (tertiary alicyclic amines) is 1. The van der Waals surface area contributed by atoms with Gasteiger partial charge in [0.2, 0.25) is 0 Å². The number of nitrogens with zero attached hydrogens (tertiary/aromatic N) is 2. The molecule has 0 radical (unpaired) electrons. The highest BCUT2D eigenvalue weighted by molar-refractivity contribution is 5.78. The second-order valence-corrected chi connectivity index (χ2v) is 4.78. The van der Waals surface area contributed by atoms with Crippen molar-refractivity contribution in [2.45, 2.75) is 31.7 Å². The third kappa shape index (κ3) is 2.47. The molecule has 1 saturated heterocycles. The zero-order valence-electron chi connectivity index (χ0n) is 10.1. The Morgan fingerprint density at radius 3 is 2.88 bits per heavy atom. The summed E-state index contributed by atoms with van der Waals surface area (Å²) in [6.45, 7) is 3.51. The maximum absolute atomic E-state index is 11.3. The maximum Gasteiger partial charge on any atom is 0.323 e. The smallest absolute Gasteiger partial charge is 0.323 e. The molecule has 1 fully saturated rings. The van der Waals surface area contributed by atoms with Gasteiger partial charge in [0, 0.05) is 18.9 Å². The Hall–Kier alpha value is -1.42. The van der Waals surface area contributed by atoms with Gasteiger partial charge in [0.1, 0.15) is 5.54 Å². The van der Waals surface area contributed by atoms with Crippen molar-refractivity contribution in [3.05, 3.63) is 30.1 Å². The first-order valence-electron chi connectivity index (χ1n) is 6.00. The Labute approximate surface area is 101 Å². The van der Waals surface area contributed by atoms with Crippen molar-refractivity contribution in [3.63, 3.8) is 0 Å². The second kappa shape index (κ2) is 4.84. The van der Waals surface area contributed by atoms with Gasteiger partial charge in [-0.2, -0.15) is 0 Å². The lowest BCUT2D eigenvalue weighted by Crippen LogP contribution is -2.48. The Morgan fingerprint density at radius 1 is 1.53 bits per heavy atom. The fourth-order valence-electron chi connectivity index (χ4n) is 2.43. The van der Waals surface area contributed by atoms with Crippen LogP contribution < -0.4 is 0 Å². The number of aliphatic carboxylic acids is 1. The van der Waals surface area contributed by atoms with Crippen LogP contribution in [0.1, 0.15) is 25.3 Å². The Morgan fingerprint density at radius 2 is 2.24 bits per heavy atom. The summed E-state index contributed by atoms with van der Waals surface area (Å²) < 4.78 is 0. The van der Waals surface area contributed by atoms with E-state index >= 15 is 0 Å². The van der Waals surface area contributed by atoms with Crippen LogP contribution in [0.5, 0.6) is 0 Å². The molecule has 4 nitrogen and oxygen atoms in total. The van der Waals surface area contributed by atoms with Crippen LogP contribution in [-0.2, 0) is 11.2 Å². The van der Waals surface area contributed by atoms with Crippen LogP contribution >= 0.6 is 0 Å². The van der Waals surface area contributed by atoms with Crippen LogP contribution in [0.3, 0.4) is 0 Å². The number of hydrogen-bond donors (Lipinski definition) is 1. The van der Waals surface area contributed by atoms with E-state index in [-0.39, 0.29) is 0 Å². The third-order valence-electron chi connectivity index (χ3n) is 3.67. The molecule has 1 atom stereocenters. The molecule has 0 amide bonds. The molecule has 1 N–H and O–H groups in total. The van der Waals surface area contributed by atoms with Crippen molar-refractivity contribution < 1.29 is 9.90 Å². The van der Waals surface area contributed by atoms with Crippen LogP contribution in [-0.4, -0.2) is 39.6 Å². The summed E-state index contributed by atoms with van der Waals surface area (Å²) >= 11 is 0. The predicted octanol–water partition coefficient (Wildman–Crippen LogP) is 1.56. The van der Waals surface area contributed by atoms with Crippen molar-refractivity contribution in [1.29, 1.82) is 0 Å². The van der Waals surface area contributed by atoms with Crippen LogP contribution in [0.15, 0.2) is 24.5 Å². The number of carboxylic acids is 1. The summed E-state index contributed by atoms with van der Waals surface area (Å²) in [7, 11) is 0. The van der Waals surface area contributed by atoms with E-state index in [0.29, 0.717) is 0 Å². The number of aromatic nitrogens is 1. The maximum atomic E-state index is 11.3. The molecule has 0 bridgehead atoms. The van der Waals surface area contributed by atoms with Gasteiger partial charge in [0.05, 0.1) is 0 Å². The largest absolute Gasteiger partial charge is 0.480 e. The highest BCUT2D eigenvalue weighted by atomic mass is 16.4. The summed E-state index contributed by atoms with van der Waals surface area (Å²) in [4.78, 5) is 17.3. The van der Waals surface area contributed by atoms with Gasteiger partial charge in [-0.3, -0.25) is 14.7 Å². The fraction of sp³-hybridized carbons (Fsp3) is 0.538. The second-order valence-electron chi connectivity index (χ2n) is 4.78. The fourth-order valence-corrected chi connectivity index (χ4v) is 2.43. The van der Waals surface area contributed by atoms with E-state index in [9.17, 15) is 9.90 Å². The van der Waals surface area contributed by atoms with Crippen molar-refractivity contribution >= 4 is 5.97 Å². The lowest BCUT2D eigenvalue weighted by atomic mass is 9.99. The van der Waals surface area contributed by atoms with E-state index in [4.69, 9.17) is 0 Å². The van der Waals surface area contributed by atoms with Crippen molar-refractivity contribution in [2.24, 2.45) is 0 Å². The Kier molecular flexibility index (Phi) is 3.43. The monoisotopic (exact) mass is 234 g/mol. The molecule has 1 aromatic rings. The standard InChI is InChI=1S/C13H18N2O2/c1-13(12(16)17)6-2-9-15(13)10-5-11-3-7-14-8-4-11/h3-4,7-8H,2,5-6,9-10H2,1H3,(H,16,17). The topological polar surface area (TPSA) is 53.4 Å². The summed E-state index contributed by atoms with van der Waals surface area (Å²) in [6, 6.07) is 3.96. The van der Waals surface area contributed by atoms with Crippen LogP contribution in [0.4, 0.5) is 0 Å². The van der Waals surface area contributed by atoms with E-state index in [1.54, 1.807) is 12.4 Å². The van der Waals surface area contributed by atoms with Crippen LogP contribution in [0.2, 0.25) is 0 Å². The lowest BCUT2D eigenvalue weighted by molar-refractivity contribution is -0.148. The first-order valence-corrected chi connectivity index (χ1v) is 6.00. The molecule has 1 aromatic heterocycles. The highest BCUT2D eigenvalue weighted by Crippen LogP contribution is 2.29. The van der Waals surface area contributed by atoms with Gasteiger partial charge < -0.3 is 5.11 Å². The number of hydrogen-bond acceptors (Lipinski definition) is 3. The zero-order valence-corrected chi connectivity index (χ0v) is 10.1. The SMILES string of the molecule is CC1(C(=O)O)CCCN1CCc1ccncc1. The molecule has 2 heterocycles. The zero-order chi connectivity index (χ0) is 12.3. The predicted molar refractivity (Wildman–Crippen MR) is 64.8 cm³/mol. The molecule has 4 heteroatoms. The molecule has 0 spiro atoms. The van der Waals surface area contributed by atoms with E-state index in [2.05, 4.69) is 9.88 Å². The average molecular weight is 234 g/mol. The van der Waals surface area contributed by atoms with E-state index in [1.807, 2.05) is 19.1 Å². The van der Waals surface area contributed by atoms with E-state index in [1.165, 1.54) is 5.56 Å². The number of rotatable bonds is 4.